The molecule has 98 valence electrons. The molecule has 0 spiro atoms. The van der Waals surface area contributed by atoms with E-state index in [4.69, 9.17) is 4.74 Å². The van der Waals surface area contributed by atoms with Gasteiger partial charge >= 0.3 is 5.97 Å². The van der Waals surface area contributed by atoms with Crippen LogP contribution in [0, 0.1) is 0 Å². The van der Waals surface area contributed by atoms with Gasteiger partial charge in [0, 0.05) is 6.42 Å². The van der Waals surface area contributed by atoms with Crippen LogP contribution in [0.5, 0.6) is 0 Å². The number of ether oxygens (including phenoxy) is 1. The molecular weight excluding hydrogens is 216 g/mol. The molecule has 1 saturated heterocycles. The lowest BCUT2D eigenvalue weighted by molar-refractivity contribution is -0.168. The summed E-state index contributed by atoms with van der Waals surface area (Å²) in [6.07, 6.45) is 6.01. The van der Waals surface area contributed by atoms with Crippen LogP contribution in [-0.4, -0.2) is 22.8 Å². The van der Waals surface area contributed by atoms with Crippen molar-refractivity contribution in [1.82, 2.24) is 0 Å². The molecule has 3 nitrogen and oxygen atoms in total. The van der Waals surface area contributed by atoms with Gasteiger partial charge in [-0.1, -0.05) is 39.7 Å². The maximum atomic E-state index is 11.9. The van der Waals surface area contributed by atoms with Gasteiger partial charge in [-0.15, -0.1) is 0 Å². The Morgan fingerprint density at radius 2 is 1.94 bits per heavy atom. The number of cyclic esters (lactones) is 1. The summed E-state index contributed by atoms with van der Waals surface area (Å²) in [6.45, 7) is 6.11. The highest BCUT2D eigenvalue weighted by Crippen LogP contribution is 2.36. The van der Waals surface area contributed by atoms with Crippen LogP contribution < -0.4 is 0 Å². The SMILES string of the molecule is CC/C=C1\C(=O)OC(CCC)(CCC)CC1O. The molecule has 3 heteroatoms. The van der Waals surface area contributed by atoms with Crippen molar-refractivity contribution in [3.63, 3.8) is 0 Å². The molecule has 1 rings (SSSR count). The highest BCUT2D eigenvalue weighted by molar-refractivity contribution is 5.90. The zero-order valence-corrected chi connectivity index (χ0v) is 11.2. The van der Waals surface area contributed by atoms with E-state index in [-0.39, 0.29) is 5.97 Å². The first kappa shape index (κ1) is 14.2. The number of esters is 1. The van der Waals surface area contributed by atoms with Gasteiger partial charge in [0.05, 0.1) is 11.7 Å². The van der Waals surface area contributed by atoms with Crippen LogP contribution in [0.4, 0.5) is 0 Å². The molecule has 0 aromatic carbocycles. The van der Waals surface area contributed by atoms with Gasteiger partial charge in [0.25, 0.3) is 0 Å². The van der Waals surface area contributed by atoms with E-state index in [1.54, 1.807) is 6.08 Å². The summed E-state index contributed by atoms with van der Waals surface area (Å²) in [5, 5.41) is 10.1. The zero-order valence-electron chi connectivity index (χ0n) is 11.2. The molecule has 0 aliphatic carbocycles. The van der Waals surface area contributed by atoms with Crippen molar-refractivity contribution < 1.29 is 14.6 Å². The van der Waals surface area contributed by atoms with Crippen molar-refractivity contribution in [2.24, 2.45) is 0 Å². The van der Waals surface area contributed by atoms with E-state index in [0.29, 0.717) is 12.0 Å². The number of hydrogen-bond acceptors (Lipinski definition) is 3. The van der Waals surface area contributed by atoms with Crippen LogP contribution in [0.15, 0.2) is 11.6 Å². The lowest BCUT2D eigenvalue weighted by atomic mass is 9.82. The molecule has 1 aliphatic heterocycles. The van der Waals surface area contributed by atoms with Crippen LogP contribution in [0.1, 0.15) is 59.3 Å². The molecule has 0 aromatic heterocycles. The Morgan fingerprint density at radius 1 is 1.35 bits per heavy atom. The van der Waals surface area contributed by atoms with E-state index in [9.17, 15) is 9.90 Å². The normalized spacial score (nSPS) is 26.0. The summed E-state index contributed by atoms with van der Waals surface area (Å²) >= 11 is 0. The maximum absolute atomic E-state index is 11.9. The molecule has 0 amide bonds. The molecule has 1 atom stereocenters. The van der Waals surface area contributed by atoms with Crippen molar-refractivity contribution in [3.05, 3.63) is 11.6 Å². The molecule has 0 radical (unpaired) electrons. The molecule has 1 aliphatic rings. The third kappa shape index (κ3) is 3.32. The molecule has 1 heterocycles. The Kier molecular flexibility index (Phi) is 5.19. The number of carbonyl (C=O) groups is 1. The Balaban J connectivity index is 2.87. The minimum Gasteiger partial charge on any atom is -0.456 e. The van der Waals surface area contributed by atoms with E-state index in [0.717, 1.165) is 32.1 Å². The van der Waals surface area contributed by atoms with Gasteiger partial charge in [0.2, 0.25) is 0 Å². The average molecular weight is 240 g/mol. The minimum atomic E-state index is -0.658. The molecule has 0 aromatic rings. The van der Waals surface area contributed by atoms with Crippen molar-refractivity contribution in [1.29, 1.82) is 0 Å². The van der Waals surface area contributed by atoms with Crippen LogP contribution >= 0.6 is 0 Å². The van der Waals surface area contributed by atoms with Crippen LogP contribution in [-0.2, 0) is 9.53 Å². The average Bonchev–Trinajstić information content (AvgIpc) is 2.24. The first-order chi connectivity index (χ1) is 8.08. The topological polar surface area (TPSA) is 46.5 Å². The Bertz CT molecular complexity index is 288. The highest BCUT2D eigenvalue weighted by Gasteiger charge is 2.42. The van der Waals surface area contributed by atoms with Gasteiger partial charge in [0.1, 0.15) is 5.60 Å². The third-order valence-electron chi connectivity index (χ3n) is 3.30. The van der Waals surface area contributed by atoms with Gasteiger partial charge < -0.3 is 9.84 Å². The Morgan fingerprint density at radius 3 is 2.35 bits per heavy atom. The van der Waals surface area contributed by atoms with Crippen molar-refractivity contribution >= 4 is 5.97 Å². The summed E-state index contributed by atoms with van der Waals surface area (Å²) < 4.78 is 5.62. The highest BCUT2D eigenvalue weighted by atomic mass is 16.6. The lowest BCUT2D eigenvalue weighted by Crippen LogP contribution is -2.45. The van der Waals surface area contributed by atoms with Gasteiger partial charge in [0.15, 0.2) is 0 Å². The Hall–Kier alpha value is -0.830. The van der Waals surface area contributed by atoms with Crippen LogP contribution in [0.25, 0.3) is 0 Å². The second kappa shape index (κ2) is 6.20. The first-order valence-electron chi connectivity index (χ1n) is 6.70. The van der Waals surface area contributed by atoms with E-state index in [1.807, 2.05) is 6.92 Å². The number of aliphatic hydroxyl groups is 1. The van der Waals surface area contributed by atoms with Crippen molar-refractivity contribution in [2.45, 2.75) is 71.0 Å². The molecule has 1 fully saturated rings. The van der Waals surface area contributed by atoms with Gasteiger partial charge in [-0.3, -0.25) is 0 Å². The van der Waals surface area contributed by atoms with Crippen molar-refractivity contribution in [2.75, 3.05) is 0 Å². The summed E-state index contributed by atoms with van der Waals surface area (Å²) in [5.41, 5.74) is 0.000718. The third-order valence-corrected chi connectivity index (χ3v) is 3.30. The fourth-order valence-electron chi connectivity index (χ4n) is 2.68. The van der Waals surface area contributed by atoms with Crippen molar-refractivity contribution in [3.8, 4) is 0 Å². The fourth-order valence-corrected chi connectivity index (χ4v) is 2.68. The molecule has 1 unspecified atom stereocenters. The quantitative estimate of drug-likeness (QED) is 0.593. The fraction of sp³-hybridized carbons (Fsp3) is 0.786. The minimum absolute atomic E-state index is 0.326. The molecule has 0 bridgehead atoms. The first-order valence-corrected chi connectivity index (χ1v) is 6.70. The summed E-state index contributed by atoms with van der Waals surface area (Å²) in [7, 11) is 0. The molecule has 0 saturated carbocycles. The van der Waals surface area contributed by atoms with E-state index in [1.165, 1.54) is 0 Å². The predicted octanol–water partition coefficient (Wildman–Crippen LogP) is 2.97. The van der Waals surface area contributed by atoms with Gasteiger partial charge in [-0.25, -0.2) is 4.79 Å². The van der Waals surface area contributed by atoms with Gasteiger partial charge in [-0.05, 0) is 19.3 Å². The number of hydrogen-bond donors (Lipinski definition) is 1. The number of aliphatic hydroxyl groups excluding tert-OH is 1. The second-order valence-electron chi connectivity index (χ2n) is 4.86. The smallest absolute Gasteiger partial charge is 0.336 e. The summed E-state index contributed by atoms with van der Waals surface area (Å²) in [5.74, 6) is -0.326. The Labute approximate surface area is 104 Å². The maximum Gasteiger partial charge on any atom is 0.336 e. The zero-order chi connectivity index (χ0) is 12.9. The summed E-state index contributed by atoms with van der Waals surface area (Å²) in [4.78, 5) is 11.9. The van der Waals surface area contributed by atoms with Gasteiger partial charge in [-0.2, -0.15) is 0 Å². The molecule has 1 N–H and O–H groups in total. The van der Waals surface area contributed by atoms with E-state index >= 15 is 0 Å². The lowest BCUT2D eigenvalue weighted by Gasteiger charge is -2.39. The number of carbonyl (C=O) groups excluding carboxylic acids is 1. The molecule has 17 heavy (non-hydrogen) atoms. The number of rotatable bonds is 5. The standard InChI is InChI=1S/C14H24O3/c1-4-7-11-12(15)10-14(8-5-2,9-6-3)17-13(11)16/h7,12,15H,4-6,8-10H2,1-3H3/b11-7-. The van der Waals surface area contributed by atoms with Crippen LogP contribution in [0.3, 0.4) is 0 Å². The summed E-state index contributed by atoms with van der Waals surface area (Å²) in [6, 6.07) is 0. The number of allylic oxidation sites excluding steroid dienone is 1. The largest absolute Gasteiger partial charge is 0.456 e. The molecular formula is C14H24O3. The second-order valence-corrected chi connectivity index (χ2v) is 4.86. The van der Waals surface area contributed by atoms with Crippen LogP contribution in [0.2, 0.25) is 0 Å². The van der Waals surface area contributed by atoms with E-state index in [2.05, 4.69) is 13.8 Å². The van der Waals surface area contributed by atoms with E-state index < -0.39 is 11.7 Å². The monoisotopic (exact) mass is 240 g/mol. The predicted molar refractivity (Wildman–Crippen MR) is 67.6 cm³/mol.